The van der Waals surface area contributed by atoms with Crippen molar-refractivity contribution in [2.45, 2.75) is 52.0 Å². The van der Waals surface area contributed by atoms with Crippen molar-refractivity contribution in [3.8, 4) is 0 Å². The van der Waals surface area contributed by atoms with Crippen molar-refractivity contribution in [1.82, 2.24) is 10.2 Å². The van der Waals surface area contributed by atoms with Crippen LogP contribution in [0.5, 0.6) is 0 Å². The molecule has 0 bridgehead atoms. The fourth-order valence-electron chi connectivity index (χ4n) is 4.25. The summed E-state index contributed by atoms with van der Waals surface area (Å²) in [4.78, 5) is 14.4. The van der Waals surface area contributed by atoms with E-state index in [1.54, 1.807) is 0 Å². The lowest BCUT2D eigenvalue weighted by Gasteiger charge is -2.37. The molecule has 138 valence electrons. The first kappa shape index (κ1) is 18.4. The van der Waals surface area contributed by atoms with Gasteiger partial charge in [0.1, 0.15) is 0 Å². The molecule has 1 unspecified atom stereocenters. The first-order chi connectivity index (χ1) is 11.9. The molecule has 3 rings (SSSR count). The number of nitrogens with one attached hydrogen (secondary N) is 1. The van der Waals surface area contributed by atoms with Crippen LogP contribution in [0.1, 0.15) is 51.2 Å². The standard InChI is InChI=1S/C21H32N2O2/c1-20(2,3)19(25)23-12-9-16(10-13-23)14-22-21(15-24)11-8-17-6-4-5-7-18(17)21/h4-7,16,22,24H,8-15H2,1-3H3. The number of amides is 1. The molecular weight excluding hydrogens is 312 g/mol. The van der Waals surface area contributed by atoms with Crippen LogP contribution >= 0.6 is 0 Å². The fourth-order valence-corrected chi connectivity index (χ4v) is 4.25. The molecule has 1 aliphatic heterocycles. The van der Waals surface area contributed by atoms with Crippen molar-refractivity contribution in [1.29, 1.82) is 0 Å². The number of rotatable bonds is 4. The first-order valence-electron chi connectivity index (χ1n) is 9.59. The number of aliphatic hydroxyl groups is 1. The summed E-state index contributed by atoms with van der Waals surface area (Å²) >= 11 is 0. The van der Waals surface area contributed by atoms with Gasteiger partial charge in [0.15, 0.2) is 0 Å². The first-order valence-corrected chi connectivity index (χ1v) is 9.59. The van der Waals surface area contributed by atoms with Crippen LogP contribution < -0.4 is 5.32 Å². The van der Waals surface area contributed by atoms with Crippen LogP contribution in [0.25, 0.3) is 0 Å². The Labute approximate surface area is 151 Å². The molecule has 1 atom stereocenters. The lowest BCUT2D eigenvalue weighted by atomic mass is 9.89. The number of fused-ring (bicyclic) bond motifs is 1. The smallest absolute Gasteiger partial charge is 0.227 e. The Balaban J connectivity index is 1.56. The van der Waals surface area contributed by atoms with Gasteiger partial charge in [0.05, 0.1) is 12.1 Å². The summed E-state index contributed by atoms with van der Waals surface area (Å²) in [6.07, 6.45) is 4.07. The van der Waals surface area contributed by atoms with Gasteiger partial charge >= 0.3 is 0 Å². The van der Waals surface area contributed by atoms with Crippen molar-refractivity contribution in [3.63, 3.8) is 0 Å². The summed E-state index contributed by atoms with van der Waals surface area (Å²) in [7, 11) is 0. The molecule has 0 spiro atoms. The maximum atomic E-state index is 12.4. The number of nitrogens with zero attached hydrogens (tertiary/aromatic N) is 1. The predicted molar refractivity (Wildman–Crippen MR) is 100 cm³/mol. The Hall–Kier alpha value is -1.39. The van der Waals surface area contributed by atoms with E-state index in [1.165, 1.54) is 11.1 Å². The molecule has 1 fully saturated rings. The Morgan fingerprint density at radius 3 is 2.60 bits per heavy atom. The van der Waals surface area contributed by atoms with Crippen molar-refractivity contribution >= 4 is 5.91 Å². The van der Waals surface area contributed by atoms with E-state index < -0.39 is 0 Å². The highest BCUT2D eigenvalue weighted by Gasteiger charge is 2.38. The third-order valence-corrected chi connectivity index (χ3v) is 5.90. The van der Waals surface area contributed by atoms with Gasteiger partial charge in [-0.3, -0.25) is 4.79 Å². The van der Waals surface area contributed by atoms with Crippen LogP contribution in [0.15, 0.2) is 24.3 Å². The lowest BCUT2D eigenvalue weighted by molar-refractivity contribution is -0.140. The van der Waals surface area contributed by atoms with Crippen molar-refractivity contribution in [2.75, 3.05) is 26.2 Å². The van der Waals surface area contributed by atoms with Crippen LogP contribution in [0, 0.1) is 11.3 Å². The van der Waals surface area contributed by atoms with E-state index in [2.05, 4.69) is 29.6 Å². The van der Waals surface area contributed by atoms with E-state index >= 15 is 0 Å². The molecule has 1 aromatic rings. The predicted octanol–water partition coefficient (Wildman–Crippen LogP) is 2.69. The summed E-state index contributed by atoms with van der Waals surface area (Å²) in [5.41, 5.74) is 2.04. The minimum Gasteiger partial charge on any atom is -0.394 e. The van der Waals surface area contributed by atoms with Gasteiger partial charge in [-0.15, -0.1) is 0 Å². The summed E-state index contributed by atoms with van der Waals surface area (Å²) in [6.45, 7) is 8.73. The van der Waals surface area contributed by atoms with Gasteiger partial charge in [-0.25, -0.2) is 0 Å². The van der Waals surface area contributed by atoms with Gasteiger partial charge in [-0.2, -0.15) is 0 Å². The number of carbonyl (C=O) groups is 1. The number of hydrogen-bond donors (Lipinski definition) is 2. The number of likely N-dealkylation sites (tertiary alicyclic amines) is 1. The third-order valence-electron chi connectivity index (χ3n) is 5.90. The Morgan fingerprint density at radius 2 is 1.96 bits per heavy atom. The normalized spacial score (nSPS) is 24.4. The van der Waals surface area contributed by atoms with Crippen LogP contribution in [0.4, 0.5) is 0 Å². The molecule has 0 radical (unpaired) electrons. The second-order valence-corrected chi connectivity index (χ2v) is 8.76. The average Bonchev–Trinajstić information content (AvgIpc) is 2.98. The molecule has 4 heteroatoms. The van der Waals surface area contributed by atoms with Gasteiger partial charge in [0.2, 0.25) is 5.91 Å². The van der Waals surface area contributed by atoms with E-state index in [1.807, 2.05) is 25.7 Å². The van der Waals surface area contributed by atoms with Crippen LogP contribution in [-0.4, -0.2) is 42.2 Å². The molecule has 1 aromatic carbocycles. The monoisotopic (exact) mass is 344 g/mol. The van der Waals surface area contributed by atoms with E-state index in [0.29, 0.717) is 5.92 Å². The molecule has 1 aliphatic carbocycles. The van der Waals surface area contributed by atoms with Gasteiger partial charge in [-0.05, 0) is 49.3 Å². The molecule has 25 heavy (non-hydrogen) atoms. The van der Waals surface area contributed by atoms with Crippen molar-refractivity contribution in [2.24, 2.45) is 11.3 Å². The number of benzene rings is 1. The third kappa shape index (κ3) is 3.75. The largest absolute Gasteiger partial charge is 0.394 e. The fraction of sp³-hybridized carbons (Fsp3) is 0.667. The molecular formula is C21H32N2O2. The highest BCUT2D eigenvalue weighted by molar-refractivity contribution is 5.81. The molecule has 1 heterocycles. The van der Waals surface area contributed by atoms with Gasteiger partial charge < -0.3 is 15.3 Å². The minimum absolute atomic E-state index is 0.144. The minimum atomic E-state index is -0.292. The molecule has 1 amide bonds. The SMILES string of the molecule is CC(C)(C)C(=O)N1CCC(CNC2(CO)CCc3ccccc32)CC1. The number of hydrogen-bond acceptors (Lipinski definition) is 3. The van der Waals surface area contributed by atoms with Crippen LogP contribution in [0.2, 0.25) is 0 Å². The van der Waals surface area contributed by atoms with E-state index in [9.17, 15) is 9.90 Å². The molecule has 0 saturated carbocycles. The molecule has 1 saturated heterocycles. The topological polar surface area (TPSA) is 52.6 Å². The zero-order chi connectivity index (χ0) is 18.1. The Bertz CT molecular complexity index is 615. The van der Waals surface area contributed by atoms with Gasteiger partial charge in [-0.1, -0.05) is 45.0 Å². The van der Waals surface area contributed by atoms with Gasteiger partial charge in [0, 0.05) is 18.5 Å². The highest BCUT2D eigenvalue weighted by Crippen LogP contribution is 2.37. The number of carbonyl (C=O) groups excluding carboxylic acids is 1. The van der Waals surface area contributed by atoms with E-state index in [4.69, 9.17) is 0 Å². The number of aliphatic hydroxyl groups excluding tert-OH is 1. The zero-order valence-electron chi connectivity index (χ0n) is 15.8. The van der Waals surface area contributed by atoms with Crippen molar-refractivity contribution < 1.29 is 9.90 Å². The average molecular weight is 344 g/mol. The zero-order valence-corrected chi connectivity index (χ0v) is 15.8. The Kier molecular flexibility index (Phi) is 5.21. The second kappa shape index (κ2) is 7.08. The number of aryl methyl sites for hydroxylation is 1. The van der Waals surface area contributed by atoms with Gasteiger partial charge in [0.25, 0.3) is 0 Å². The quantitative estimate of drug-likeness (QED) is 0.883. The number of piperidine rings is 1. The molecule has 4 nitrogen and oxygen atoms in total. The molecule has 0 aromatic heterocycles. The summed E-state index contributed by atoms with van der Waals surface area (Å²) in [5, 5.41) is 13.8. The maximum absolute atomic E-state index is 12.4. The maximum Gasteiger partial charge on any atom is 0.227 e. The summed E-state index contributed by atoms with van der Waals surface area (Å²) in [5.74, 6) is 0.829. The van der Waals surface area contributed by atoms with E-state index in [-0.39, 0.29) is 23.5 Å². The van der Waals surface area contributed by atoms with Crippen LogP contribution in [-0.2, 0) is 16.8 Å². The highest BCUT2D eigenvalue weighted by atomic mass is 16.3. The second-order valence-electron chi connectivity index (χ2n) is 8.76. The van der Waals surface area contributed by atoms with Crippen LogP contribution in [0.3, 0.4) is 0 Å². The Morgan fingerprint density at radius 1 is 1.28 bits per heavy atom. The molecule has 2 N–H and O–H groups in total. The van der Waals surface area contributed by atoms with Crippen molar-refractivity contribution in [3.05, 3.63) is 35.4 Å². The van der Waals surface area contributed by atoms with E-state index in [0.717, 1.165) is 45.3 Å². The molecule has 2 aliphatic rings. The summed E-state index contributed by atoms with van der Waals surface area (Å²) in [6, 6.07) is 8.46. The summed E-state index contributed by atoms with van der Waals surface area (Å²) < 4.78 is 0. The lowest BCUT2D eigenvalue weighted by Crippen LogP contribution is -2.49.